The Balaban J connectivity index is 1.82. The lowest BCUT2D eigenvalue weighted by atomic mass is 10.1. The number of nitrogens with zero attached hydrogens (tertiary/aromatic N) is 4. The molecule has 0 bridgehead atoms. The molecule has 130 valence electrons. The Kier molecular flexibility index (Phi) is 5.87. The SMILES string of the molecule is CC(C)(C)n1nnnc1SCC(=O)NCCc1c(F)cccc1F. The van der Waals surface area contributed by atoms with Crippen LogP contribution >= 0.6 is 11.8 Å². The zero-order valence-electron chi connectivity index (χ0n) is 13.7. The van der Waals surface area contributed by atoms with E-state index in [4.69, 9.17) is 0 Å². The quantitative estimate of drug-likeness (QED) is 0.804. The van der Waals surface area contributed by atoms with Crippen molar-refractivity contribution in [3.63, 3.8) is 0 Å². The zero-order chi connectivity index (χ0) is 17.7. The van der Waals surface area contributed by atoms with E-state index >= 15 is 0 Å². The molecule has 2 rings (SSSR count). The van der Waals surface area contributed by atoms with Crippen LogP contribution in [0, 0.1) is 11.6 Å². The van der Waals surface area contributed by atoms with Gasteiger partial charge in [0.1, 0.15) is 11.6 Å². The molecule has 0 aliphatic carbocycles. The first-order chi connectivity index (χ1) is 11.3. The van der Waals surface area contributed by atoms with Crippen molar-refractivity contribution in [3.05, 3.63) is 35.4 Å². The number of benzene rings is 1. The number of amides is 1. The fraction of sp³-hybridized carbons (Fsp3) is 0.467. The fourth-order valence-electron chi connectivity index (χ4n) is 1.97. The Labute approximate surface area is 143 Å². The number of carbonyl (C=O) groups excluding carboxylic acids is 1. The number of carbonyl (C=O) groups is 1. The van der Waals surface area contributed by atoms with Crippen molar-refractivity contribution < 1.29 is 13.6 Å². The molecule has 0 saturated carbocycles. The second kappa shape index (κ2) is 7.69. The van der Waals surface area contributed by atoms with Gasteiger partial charge in [0.05, 0.1) is 11.3 Å². The Hall–Kier alpha value is -2.03. The lowest BCUT2D eigenvalue weighted by Gasteiger charge is -2.19. The molecule has 2 aromatic rings. The van der Waals surface area contributed by atoms with Crippen molar-refractivity contribution >= 4 is 17.7 Å². The van der Waals surface area contributed by atoms with Gasteiger partial charge < -0.3 is 5.32 Å². The molecule has 0 atom stereocenters. The van der Waals surface area contributed by atoms with Crippen molar-refractivity contribution in [2.24, 2.45) is 0 Å². The minimum absolute atomic E-state index is 0.0258. The number of aromatic nitrogens is 4. The maximum absolute atomic E-state index is 13.5. The minimum Gasteiger partial charge on any atom is -0.355 e. The summed E-state index contributed by atoms with van der Waals surface area (Å²) in [5, 5.41) is 14.6. The number of rotatable bonds is 6. The molecule has 6 nitrogen and oxygen atoms in total. The van der Waals surface area contributed by atoms with Gasteiger partial charge in [0, 0.05) is 12.1 Å². The maximum Gasteiger partial charge on any atom is 0.230 e. The molecule has 0 saturated heterocycles. The topological polar surface area (TPSA) is 72.7 Å². The largest absolute Gasteiger partial charge is 0.355 e. The van der Waals surface area contributed by atoms with E-state index in [9.17, 15) is 13.6 Å². The number of hydrogen-bond donors (Lipinski definition) is 1. The monoisotopic (exact) mass is 355 g/mol. The highest BCUT2D eigenvalue weighted by Crippen LogP contribution is 2.21. The Morgan fingerprint density at radius 2 is 1.96 bits per heavy atom. The highest BCUT2D eigenvalue weighted by Gasteiger charge is 2.20. The average Bonchev–Trinajstić information content (AvgIpc) is 2.97. The van der Waals surface area contributed by atoms with Crippen LogP contribution in [0.2, 0.25) is 0 Å². The van der Waals surface area contributed by atoms with Gasteiger partial charge in [-0.3, -0.25) is 4.79 Å². The van der Waals surface area contributed by atoms with Gasteiger partial charge in [-0.25, -0.2) is 13.5 Å². The second-order valence-electron chi connectivity index (χ2n) is 6.13. The smallest absolute Gasteiger partial charge is 0.230 e. The third-order valence-electron chi connectivity index (χ3n) is 3.17. The summed E-state index contributed by atoms with van der Waals surface area (Å²) in [6.45, 7) is 6.02. The molecule has 0 radical (unpaired) electrons. The molecule has 1 aromatic heterocycles. The summed E-state index contributed by atoms with van der Waals surface area (Å²) in [7, 11) is 0. The fourth-order valence-corrected chi connectivity index (χ4v) is 2.86. The lowest BCUT2D eigenvalue weighted by Crippen LogP contribution is -2.28. The predicted molar refractivity (Wildman–Crippen MR) is 86.6 cm³/mol. The Morgan fingerprint density at radius 1 is 1.29 bits per heavy atom. The normalized spacial score (nSPS) is 11.5. The van der Waals surface area contributed by atoms with Gasteiger partial charge in [-0.2, -0.15) is 0 Å². The van der Waals surface area contributed by atoms with Crippen molar-refractivity contribution in [2.45, 2.75) is 37.9 Å². The first kappa shape index (κ1) is 18.3. The molecule has 9 heteroatoms. The third-order valence-corrected chi connectivity index (χ3v) is 4.09. The average molecular weight is 355 g/mol. The van der Waals surface area contributed by atoms with Gasteiger partial charge in [-0.1, -0.05) is 17.8 Å². The van der Waals surface area contributed by atoms with Crippen LogP contribution in [0.15, 0.2) is 23.4 Å². The number of nitrogens with one attached hydrogen (secondary N) is 1. The highest BCUT2D eigenvalue weighted by molar-refractivity contribution is 7.99. The first-order valence-corrected chi connectivity index (χ1v) is 8.39. The van der Waals surface area contributed by atoms with Crippen LogP contribution in [0.25, 0.3) is 0 Å². The zero-order valence-corrected chi connectivity index (χ0v) is 14.5. The molecular weight excluding hydrogens is 336 g/mol. The van der Waals surface area contributed by atoms with E-state index in [1.165, 1.54) is 30.0 Å². The molecule has 1 amide bonds. The summed E-state index contributed by atoms with van der Waals surface area (Å²) in [5.41, 5.74) is -0.313. The predicted octanol–water partition coefficient (Wildman–Crippen LogP) is 2.16. The summed E-state index contributed by atoms with van der Waals surface area (Å²) >= 11 is 1.21. The second-order valence-corrected chi connectivity index (χ2v) is 7.08. The van der Waals surface area contributed by atoms with Crippen LogP contribution in [0.4, 0.5) is 8.78 Å². The minimum atomic E-state index is -0.608. The Morgan fingerprint density at radius 3 is 2.58 bits per heavy atom. The molecule has 0 aliphatic rings. The van der Waals surface area contributed by atoms with Crippen molar-refractivity contribution in [1.82, 2.24) is 25.5 Å². The van der Waals surface area contributed by atoms with Crippen LogP contribution in [0.1, 0.15) is 26.3 Å². The van der Waals surface area contributed by atoms with E-state index in [0.29, 0.717) is 5.16 Å². The van der Waals surface area contributed by atoms with Crippen LogP contribution in [-0.4, -0.2) is 38.4 Å². The van der Waals surface area contributed by atoms with Gasteiger partial charge in [0.2, 0.25) is 11.1 Å². The summed E-state index contributed by atoms with van der Waals surface area (Å²) in [6, 6.07) is 3.70. The Bertz CT molecular complexity index is 694. The highest BCUT2D eigenvalue weighted by atomic mass is 32.2. The van der Waals surface area contributed by atoms with E-state index in [-0.39, 0.29) is 35.7 Å². The van der Waals surface area contributed by atoms with Crippen molar-refractivity contribution in [2.75, 3.05) is 12.3 Å². The lowest BCUT2D eigenvalue weighted by molar-refractivity contribution is -0.118. The van der Waals surface area contributed by atoms with Gasteiger partial charge in [-0.05, 0) is 49.8 Å². The third kappa shape index (κ3) is 4.73. The standard InChI is InChI=1S/C15H19F2N5OS/c1-15(2,3)22-14(19-20-21-22)24-9-13(23)18-8-7-10-11(16)5-4-6-12(10)17/h4-6H,7-9H2,1-3H3,(H,18,23). The maximum atomic E-state index is 13.5. The number of tetrazole rings is 1. The van der Waals surface area contributed by atoms with E-state index in [1.54, 1.807) is 4.68 Å². The molecular formula is C15H19F2N5OS. The van der Waals surface area contributed by atoms with Crippen LogP contribution in [-0.2, 0) is 16.8 Å². The van der Waals surface area contributed by atoms with Gasteiger partial charge in [-0.15, -0.1) is 5.10 Å². The molecule has 24 heavy (non-hydrogen) atoms. The summed E-state index contributed by atoms with van der Waals surface area (Å²) in [5.74, 6) is -1.35. The van der Waals surface area contributed by atoms with Gasteiger partial charge in [0.25, 0.3) is 0 Å². The first-order valence-electron chi connectivity index (χ1n) is 7.40. The molecule has 0 unspecified atom stereocenters. The van der Waals surface area contributed by atoms with E-state index < -0.39 is 11.6 Å². The number of halogens is 2. The summed E-state index contributed by atoms with van der Waals surface area (Å²) in [6.07, 6.45) is 0.0919. The molecule has 0 aliphatic heterocycles. The van der Waals surface area contributed by atoms with E-state index in [2.05, 4.69) is 20.8 Å². The molecule has 1 heterocycles. The van der Waals surface area contributed by atoms with Crippen molar-refractivity contribution in [1.29, 1.82) is 0 Å². The van der Waals surface area contributed by atoms with E-state index in [1.807, 2.05) is 20.8 Å². The molecule has 0 spiro atoms. The van der Waals surface area contributed by atoms with Crippen LogP contribution in [0.3, 0.4) is 0 Å². The molecule has 1 aromatic carbocycles. The van der Waals surface area contributed by atoms with Gasteiger partial charge in [0.15, 0.2) is 0 Å². The number of thioether (sulfide) groups is 1. The molecule has 1 N–H and O–H groups in total. The van der Waals surface area contributed by atoms with Crippen LogP contribution in [0.5, 0.6) is 0 Å². The molecule has 0 fully saturated rings. The number of hydrogen-bond acceptors (Lipinski definition) is 5. The van der Waals surface area contributed by atoms with Gasteiger partial charge >= 0.3 is 0 Å². The summed E-state index contributed by atoms with van der Waals surface area (Å²) < 4.78 is 28.6. The van der Waals surface area contributed by atoms with Crippen molar-refractivity contribution in [3.8, 4) is 0 Å². The van der Waals surface area contributed by atoms with Crippen LogP contribution < -0.4 is 5.32 Å². The summed E-state index contributed by atoms with van der Waals surface area (Å²) in [4.78, 5) is 11.9. The van der Waals surface area contributed by atoms with E-state index in [0.717, 1.165) is 0 Å².